The number of carboxylic acids is 1. The van der Waals surface area contributed by atoms with Crippen LogP contribution in [0.1, 0.15) is 11.1 Å². The molecule has 0 atom stereocenters. The van der Waals surface area contributed by atoms with E-state index in [-0.39, 0.29) is 6.42 Å². The minimum absolute atomic E-state index is 0.00264. The summed E-state index contributed by atoms with van der Waals surface area (Å²) in [6.45, 7) is 0.628. The minimum Gasteiger partial charge on any atom is -0.497 e. The summed E-state index contributed by atoms with van der Waals surface area (Å²) in [5.74, 6) is 1.72. The predicted molar refractivity (Wildman–Crippen MR) is 118 cm³/mol. The van der Waals surface area contributed by atoms with Crippen LogP contribution < -0.4 is 14.2 Å². The van der Waals surface area contributed by atoms with Gasteiger partial charge in [0, 0.05) is 29.7 Å². The van der Waals surface area contributed by atoms with Crippen molar-refractivity contribution in [2.75, 3.05) is 14.2 Å². The summed E-state index contributed by atoms with van der Waals surface area (Å²) < 4.78 is 18.7. The second-order valence-corrected chi connectivity index (χ2v) is 7.13. The standard InChI is InChI=1S/C25H23NO5/c1-29-20-11-12-23(30-2)24(14-20)31-19-9-7-17(8-10-19)15-26-16-18(13-25(27)28)21-5-3-4-6-22(21)26/h3-12,14,16H,13,15H2,1-2H3,(H,27,28). The Hall–Kier alpha value is -3.93. The van der Waals surface area contributed by atoms with Crippen molar-refractivity contribution >= 4 is 16.9 Å². The van der Waals surface area contributed by atoms with E-state index in [0.717, 1.165) is 22.0 Å². The van der Waals surface area contributed by atoms with E-state index in [1.54, 1.807) is 26.4 Å². The molecular formula is C25H23NO5. The third-order valence-corrected chi connectivity index (χ3v) is 5.09. The zero-order valence-corrected chi connectivity index (χ0v) is 17.4. The van der Waals surface area contributed by atoms with Gasteiger partial charge in [-0.15, -0.1) is 0 Å². The first-order valence-corrected chi connectivity index (χ1v) is 9.84. The van der Waals surface area contributed by atoms with E-state index >= 15 is 0 Å². The smallest absolute Gasteiger partial charge is 0.307 e. The second kappa shape index (κ2) is 8.83. The molecule has 1 heterocycles. The van der Waals surface area contributed by atoms with E-state index in [0.29, 0.717) is 29.5 Å². The molecule has 0 unspecified atom stereocenters. The molecular weight excluding hydrogens is 394 g/mol. The molecule has 0 fully saturated rings. The molecule has 4 rings (SSSR count). The fourth-order valence-electron chi connectivity index (χ4n) is 3.61. The highest BCUT2D eigenvalue weighted by molar-refractivity contribution is 5.87. The summed E-state index contributed by atoms with van der Waals surface area (Å²) in [5.41, 5.74) is 2.90. The Bertz CT molecular complexity index is 1210. The molecule has 3 aromatic carbocycles. The average Bonchev–Trinajstić information content (AvgIpc) is 3.11. The van der Waals surface area contributed by atoms with Crippen LogP contribution in [0, 0.1) is 0 Å². The van der Waals surface area contributed by atoms with Crippen LogP contribution in [0.5, 0.6) is 23.0 Å². The van der Waals surface area contributed by atoms with Crippen molar-refractivity contribution < 1.29 is 24.1 Å². The van der Waals surface area contributed by atoms with E-state index in [9.17, 15) is 9.90 Å². The van der Waals surface area contributed by atoms with Crippen molar-refractivity contribution in [1.29, 1.82) is 0 Å². The van der Waals surface area contributed by atoms with Crippen molar-refractivity contribution in [3.05, 3.63) is 84.1 Å². The van der Waals surface area contributed by atoms with Gasteiger partial charge in [-0.2, -0.15) is 0 Å². The van der Waals surface area contributed by atoms with Gasteiger partial charge in [0.15, 0.2) is 11.5 Å². The molecule has 6 heteroatoms. The van der Waals surface area contributed by atoms with E-state index in [2.05, 4.69) is 4.57 Å². The number of methoxy groups -OCH3 is 2. The summed E-state index contributed by atoms with van der Waals surface area (Å²) >= 11 is 0. The molecule has 1 aromatic heterocycles. The van der Waals surface area contributed by atoms with Gasteiger partial charge >= 0.3 is 5.97 Å². The van der Waals surface area contributed by atoms with Gasteiger partial charge in [-0.3, -0.25) is 4.79 Å². The normalized spacial score (nSPS) is 10.8. The van der Waals surface area contributed by atoms with Gasteiger partial charge < -0.3 is 23.9 Å². The average molecular weight is 417 g/mol. The Morgan fingerprint density at radius 2 is 1.65 bits per heavy atom. The van der Waals surface area contributed by atoms with Crippen LogP contribution in [0.4, 0.5) is 0 Å². The second-order valence-electron chi connectivity index (χ2n) is 7.13. The number of carboxylic acid groups (broad SMARTS) is 1. The summed E-state index contributed by atoms with van der Waals surface area (Å²) in [4.78, 5) is 11.2. The molecule has 158 valence electrons. The van der Waals surface area contributed by atoms with Crippen molar-refractivity contribution in [3.8, 4) is 23.0 Å². The Balaban J connectivity index is 1.55. The third kappa shape index (κ3) is 4.48. The molecule has 0 saturated heterocycles. The number of benzene rings is 3. The van der Waals surface area contributed by atoms with Crippen molar-refractivity contribution in [1.82, 2.24) is 4.57 Å². The van der Waals surface area contributed by atoms with Crippen LogP contribution in [0.15, 0.2) is 72.9 Å². The number of hydrogen-bond acceptors (Lipinski definition) is 4. The zero-order chi connectivity index (χ0) is 21.8. The molecule has 0 aliphatic rings. The Morgan fingerprint density at radius 3 is 2.35 bits per heavy atom. The van der Waals surface area contributed by atoms with Gasteiger partial charge in [0.05, 0.1) is 20.6 Å². The van der Waals surface area contributed by atoms with Gasteiger partial charge in [-0.05, 0) is 41.5 Å². The number of aromatic nitrogens is 1. The first-order valence-electron chi connectivity index (χ1n) is 9.84. The SMILES string of the molecule is COc1ccc(OC)c(Oc2ccc(Cn3cc(CC(=O)O)c4ccccc43)cc2)c1. The first kappa shape index (κ1) is 20.3. The molecule has 0 aliphatic heterocycles. The van der Waals surface area contributed by atoms with Gasteiger partial charge in [0.2, 0.25) is 0 Å². The van der Waals surface area contributed by atoms with Crippen LogP contribution in [0.2, 0.25) is 0 Å². The summed E-state index contributed by atoms with van der Waals surface area (Å²) in [6, 6.07) is 21.0. The lowest BCUT2D eigenvalue weighted by Crippen LogP contribution is -2.00. The molecule has 6 nitrogen and oxygen atoms in total. The highest BCUT2D eigenvalue weighted by Gasteiger charge is 2.12. The van der Waals surface area contributed by atoms with Gasteiger partial charge in [-0.25, -0.2) is 0 Å². The number of carbonyl (C=O) groups is 1. The maximum absolute atomic E-state index is 11.2. The first-order chi connectivity index (χ1) is 15.1. The Morgan fingerprint density at radius 1 is 0.903 bits per heavy atom. The summed E-state index contributed by atoms with van der Waals surface area (Å²) in [6.07, 6.45) is 1.92. The topological polar surface area (TPSA) is 69.9 Å². The van der Waals surface area contributed by atoms with E-state index in [4.69, 9.17) is 14.2 Å². The van der Waals surface area contributed by atoms with Crippen molar-refractivity contribution in [3.63, 3.8) is 0 Å². The van der Waals surface area contributed by atoms with Gasteiger partial charge in [0.25, 0.3) is 0 Å². The van der Waals surface area contributed by atoms with Crippen molar-refractivity contribution in [2.45, 2.75) is 13.0 Å². The zero-order valence-electron chi connectivity index (χ0n) is 17.4. The molecule has 0 spiro atoms. The number of aliphatic carboxylic acids is 1. The lowest BCUT2D eigenvalue weighted by atomic mass is 10.1. The molecule has 1 N–H and O–H groups in total. The highest BCUT2D eigenvalue weighted by atomic mass is 16.5. The maximum Gasteiger partial charge on any atom is 0.307 e. The quantitative estimate of drug-likeness (QED) is 0.431. The largest absolute Gasteiger partial charge is 0.497 e. The fourth-order valence-corrected chi connectivity index (χ4v) is 3.61. The predicted octanol–water partition coefficient (Wildman–Crippen LogP) is 5.13. The molecule has 0 bridgehead atoms. The lowest BCUT2D eigenvalue weighted by molar-refractivity contribution is -0.136. The Labute approximate surface area is 180 Å². The van der Waals surface area contributed by atoms with E-state index in [1.807, 2.05) is 60.8 Å². The monoisotopic (exact) mass is 417 g/mol. The van der Waals surface area contributed by atoms with Gasteiger partial charge in [0.1, 0.15) is 11.5 Å². The number of nitrogens with zero attached hydrogens (tertiary/aromatic N) is 1. The van der Waals surface area contributed by atoms with Crippen molar-refractivity contribution in [2.24, 2.45) is 0 Å². The van der Waals surface area contributed by atoms with Crippen LogP contribution in [0.3, 0.4) is 0 Å². The molecule has 31 heavy (non-hydrogen) atoms. The third-order valence-electron chi connectivity index (χ3n) is 5.09. The number of hydrogen-bond donors (Lipinski definition) is 1. The molecule has 0 saturated carbocycles. The lowest BCUT2D eigenvalue weighted by Gasteiger charge is -2.12. The molecule has 0 aliphatic carbocycles. The summed E-state index contributed by atoms with van der Waals surface area (Å²) in [7, 11) is 3.20. The number of ether oxygens (including phenoxy) is 3. The van der Waals surface area contributed by atoms with Crippen LogP contribution in [-0.2, 0) is 17.8 Å². The highest BCUT2D eigenvalue weighted by Crippen LogP contribution is 2.35. The van der Waals surface area contributed by atoms with Gasteiger partial charge in [-0.1, -0.05) is 30.3 Å². The Kier molecular flexibility index (Phi) is 5.80. The summed E-state index contributed by atoms with van der Waals surface area (Å²) in [5, 5.41) is 10.2. The minimum atomic E-state index is -0.836. The molecule has 0 radical (unpaired) electrons. The maximum atomic E-state index is 11.2. The van der Waals surface area contributed by atoms with E-state index < -0.39 is 5.97 Å². The fraction of sp³-hybridized carbons (Fsp3) is 0.160. The number of fused-ring (bicyclic) bond motifs is 1. The van der Waals surface area contributed by atoms with Crippen LogP contribution in [-0.4, -0.2) is 29.9 Å². The van der Waals surface area contributed by atoms with Crippen LogP contribution >= 0.6 is 0 Å². The number of para-hydroxylation sites is 1. The van der Waals surface area contributed by atoms with E-state index in [1.165, 1.54) is 0 Å². The van der Waals surface area contributed by atoms with Crippen LogP contribution in [0.25, 0.3) is 10.9 Å². The molecule has 0 amide bonds. The number of rotatable bonds is 8. The molecule has 4 aromatic rings.